The Kier molecular flexibility index (Phi) is 5.26. The van der Waals surface area contributed by atoms with E-state index in [1.165, 1.54) is 32.2 Å². The fraction of sp³-hybridized carbons (Fsp3) is 1.00. The lowest BCUT2D eigenvalue weighted by Gasteiger charge is -2.24. The number of nitrogens with zero attached hydrogens (tertiary/aromatic N) is 1. The van der Waals surface area contributed by atoms with Gasteiger partial charge in [-0.2, -0.15) is 0 Å². The number of rotatable bonds is 10. The van der Waals surface area contributed by atoms with Crippen LogP contribution in [-0.4, -0.2) is 48.5 Å². The van der Waals surface area contributed by atoms with Gasteiger partial charge in [-0.1, -0.05) is 13.3 Å². The van der Waals surface area contributed by atoms with Crippen molar-refractivity contribution in [2.45, 2.75) is 57.6 Å². The van der Waals surface area contributed by atoms with E-state index in [-0.39, 0.29) is 6.10 Å². The van der Waals surface area contributed by atoms with Crippen molar-refractivity contribution in [2.75, 3.05) is 26.3 Å². The van der Waals surface area contributed by atoms with E-state index in [9.17, 15) is 5.11 Å². The Morgan fingerprint density at radius 1 is 1.29 bits per heavy atom. The molecule has 1 atom stereocenters. The van der Waals surface area contributed by atoms with Crippen LogP contribution in [0.25, 0.3) is 0 Å². The standard InChI is InChI=1S/C14H27NO2/c1-2-3-8-17-11-14(16)10-15(13-6-7-13)9-12-4-5-12/h12-14,16H,2-11H2,1H3. The molecular weight excluding hydrogens is 214 g/mol. The summed E-state index contributed by atoms with van der Waals surface area (Å²) in [5, 5.41) is 9.96. The van der Waals surface area contributed by atoms with Crippen LogP contribution in [0, 0.1) is 5.92 Å². The summed E-state index contributed by atoms with van der Waals surface area (Å²) in [6.07, 6.45) is 7.41. The Labute approximate surface area is 105 Å². The molecule has 0 heterocycles. The number of ether oxygens (including phenoxy) is 1. The molecule has 0 bridgehead atoms. The second-order valence-electron chi connectivity index (χ2n) is 5.71. The predicted molar refractivity (Wildman–Crippen MR) is 69.1 cm³/mol. The van der Waals surface area contributed by atoms with Gasteiger partial charge in [-0.05, 0) is 38.0 Å². The molecule has 2 saturated carbocycles. The van der Waals surface area contributed by atoms with Gasteiger partial charge in [0.2, 0.25) is 0 Å². The second kappa shape index (κ2) is 6.72. The van der Waals surface area contributed by atoms with Gasteiger partial charge in [0.15, 0.2) is 0 Å². The predicted octanol–water partition coefficient (Wildman–Crippen LogP) is 2.04. The minimum atomic E-state index is -0.300. The van der Waals surface area contributed by atoms with Crippen LogP contribution in [0.15, 0.2) is 0 Å². The highest BCUT2D eigenvalue weighted by Gasteiger charge is 2.34. The molecule has 3 heteroatoms. The van der Waals surface area contributed by atoms with Gasteiger partial charge in [0.05, 0.1) is 12.7 Å². The van der Waals surface area contributed by atoms with Crippen molar-refractivity contribution in [1.29, 1.82) is 0 Å². The van der Waals surface area contributed by atoms with Gasteiger partial charge < -0.3 is 9.84 Å². The first-order valence-corrected chi connectivity index (χ1v) is 7.29. The monoisotopic (exact) mass is 241 g/mol. The molecule has 0 spiro atoms. The first-order chi connectivity index (χ1) is 8.29. The van der Waals surface area contributed by atoms with Crippen LogP contribution in [0.4, 0.5) is 0 Å². The number of hydrogen-bond donors (Lipinski definition) is 1. The molecule has 0 saturated heterocycles. The molecule has 0 aromatic heterocycles. The quantitative estimate of drug-likeness (QED) is 0.594. The van der Waals surface area contributed by atoms with Gasteiger partial charge in [-0.25, -0.2) is 0 Å². The zero-order chi connectivity index (χ0) is 12.1. The highest BCUT2D eigenvalue weighted by atomic mass is 16.5. The summed E-state index contributed by atoms with van der Waals surface area (Å²) in [6.45, 7) is 5.47. The molecule has 2 aliphatic rings. The molecule has 17 heavy (non-hydrogen) atoms. The van der Waals surface area contributed by atoms with Gasteiger partial charge in [0.25, 0.3) is 0 Å². The first-order valence-electron chi connectivity index (χ1n) is 7.29. The third kappa shape index (κ3) is 5.36. The SMILES string of the molecule is CCCCOCC(O)CN(CC1CC1)C1CC1. The topological polar surface area (TPSA) is 32.7 Å². The molecule has 1 unspecified atom stereocenters. The van der Waals surface area contributed by atoms with E-state index < -0.39 is 0 Å². The lowest BCUT2D eigenvalue weighted by Crippen LogP contribution is -2.37. The third-order valence-electron chi connectivity index (χ3n) is 3.65. The van der Waals surface area contributed by atoms with Crippen LogP contribution >= 0.6 is 0 Å². The van der Waals surface area contributed by atoms with Crippen LogP contribution in [-0.2, 0) is 4.74 Å². The average molecular weight is 241 g/mol. The molecule has 2 aliphatic carbocycles. The summed E-state index contributed by atoms with van der Waals surface area (Å²) in [7, 11) is 0. The van der Waals surface area contributed by atoms with Gasteiger partial charge in [0, 0.05) is 25.7 Å². The molecule has 0 radical (unpaired) electrons. The Bertz CT molecular complexity index is 214. The van der Waals surface area contributed by atoms with E-state index >= 15 is 0 Å². The van der Waals surface area contributed by atoms with Crippen molar-refractivity contribution >= 4 is 0 Å². The Hall–Kier alpha value is -0.120. The Morgan fingerprint density at radius 3 is 2.65 bits per heavy atom. The number of aliphatic hydroxyl groups is 1. The van der Waals surface area contributed by atoms with Crippen molar-refractivity contribution in [3.05, 3.63) is 0 Å². The third-order valence-corrected chi connectivity index (χ3v) is 3.65. The van der Waals surface area contributed by atoms with Crippen LogP contribution in [0.2, 0.25) is 0 Å². The fourth-order valence-corrected chi connectivity index (χ4v) is 2.23. The second-order valence-corrected chi connectivity index (χ2v) is 5.71. The first kappa shape index (κ1) is 13.3. The van der Waals surface area contributed by atoms with Crippen LogP contribution in [0.3, 0.4) is 0 Å². The average Bonchev–Trinajstić information content (AvgIpc) is 3.16. The summed E-state index contributed by atoms with van der Waals surface area (Å²) in [4.78, 5) is 2.49. The molecule has 0 aliphatic heterocycles. The van der Waals surface area contributed by atoms with E-state index in [1.807, 2.05) is 0 Å². The highest BCUT2D eigenvalue weighted by molar-refractivity contribution is 4.89. The van der Waals surface area contributed by atoms with E-state index in [0.717, 1.165) is 38.0 Å². The van der Waals surface area contributed by atoms with Crippen molar-refractivity contribution < 1.29 is 9.84 Å². The zero-order valence-electron chi connectivity index (χ0n) is 11.1. The van der Waals surface area contributed by atoms with Crippen molar-refractivity contribution in [3.63, 3.8) is 0 Å². The van der Waals surface area contributed by atoms with E-state index in [1.54, 1.807) is 0 Å². The van der Waals surface area contributed by atoms with Crippen LogP contribution in [0.1, 0.15) is 45.4 Å². The maximum atomic E-state index is 9.96. The smallest absolute Gasteiger partial charge is 0.0900 e. The zero-order valence-corrected chi connectivity index (χ0v) is 11.1. The lowest BCUT2D eigenvalue weighted by atomic mass is 10.3. The molecule has 0 aromatic carbocycles. The summed E-state index contributed by atoms with van der Waals surface area (Å²) in [5.41, 5.74) is 0. The van der Waals surface area contributed by atoms with Gasteiger partial charge in [-0.3, -0.25) is 4.90 Å². The van der Waals surface area contributed by atoms with Crippen molar-refractivity contribution in [1.82, 2.24) is 4.90 Å². The molecule has 1 N–H and O–H groups in total. The summed E-state index contributed by atoms with van der Waals surface area (Å²) in [5.74, 6) is 0.920. The largest absolute Gasteiger partial charge is 0.389 e. The normalized spacial score (nSPS) is 22.1. The summed E-state index contributed by atoms with van der Waals surface area (Å²) in [6, 6.07) is 0.765. The van der Waals surface area contributed by atoms with Crippen molar-refractivity contribution in [3.8, 4) is 0 Å². The molecule has 100 valence electrons. The van der Waals surface area contributed by atoms with Crippen LogP contribution < -0.4 is 0 Å². The molecular formula is C14H27NO2. The number of hydrogen-bond acceptors (Lipinski definition) is 3. The fourth-order valence-electron chi connectivity index (χ4n) is 2.23. The lowest BCUT2D eigenvalue weighted by molar-refractivity contribution is 0.0135. The van der Waals surface area contributed by atoms with E-state index in [4.69, 9.17) is 4.74 Å². The van der Waals surface area contributed by atoms with Crippen LogP contribution in [0.5, 0.6) is 0 Å². The van der Waals surface area contributed by atoms with E-state index in [2.05, 4.69) is 11.8 Å². The number of unbranched alkanes of at least 4 members (excludes halogenated alkanes) is 1. The molecule has 3 nitrogen and oxygen atoms in total. The number of aliphatic hydroxyl groups excluding tert-OH is 1. The maximum Gasteiger partial charge on any atom is 0.0900 e. The van der Waals surface area contributed by atoms with Gasteiger partial charge in [-0.15, -0.1) is 0 Å². The Morgan fingerprint density at radius 2 is 2.06 bits per heavy atom. The van der Waals surface area contributed by atoms with Crippen molar-refractivity contribution in [2.24, 2.45) is 5.92 Å². The Balaban J connectivity index is 1.58. The summed E-state index contributed by atoms with van der Waals surface area (Å²) >= 11 is 0. The van der Waals surface area contributed by atoms with Gasteiger partial charge in [0.1, 0.15) is 0 Å². The highest BCUT2D eigenvalue weighted by Crippen LogP contribution is 2.34. The minimum Gasteiger partial charge on any atom is -0.389 e. The molecule has 2 rings (SSSR count). The maximum absolute atomic E-state index is 9.96. The molecule has 0 aromatic rings. The molecule has 0 amide bonds. The molecule has 2 fully saturated rings. The van der Waals surface area contributed by atoms with E-state index in [0.29, 0.717) is 6.61 Å². The van der Waals surface area contributed by atoms with Gasteiger partial charge >= 0.3 is 0 Å². The summed E-state index contributed by atoms with van der Waals surface area (Å²) < 4.78 is 5.48. The minimum absolute atomic E-state index is 0.300.